The fraction of sp³-hybridized carbons (Fsp3) is 0.308. The van der Waals surface area contributed by atoms with Crippen molar-refractivity contribution in [3.05, 3.63) is 34.4 Å². The highest BCUT2D eigenvalue weighted by Crippen LogP contribution is 2.17. The molecule has 1 aromatic rings. The minimum Gasteiger partial charge on any atom is -0.425 e. The molecule has 2 amide bonds. The van der Waals surface area contributed by atoms with E-state index >= 15 is 0 Å². The van der Waals surface area contributed by atoms with Gasteiger partial charge in [0.15, 0.2) is 0 Å². The van der Waals surface area contributed by atoms with Crippen LogP contribution in [-0.4, -0.2) is 53.6 Å². The lowest BCUT2D eigenvalue weighted by Crippen LogP contribution is -2.51. The third-order valence-corrected chi connectivity index (χ3v) is 2.71. The van der Waals surface area contributed by atoms with Crippen LogP contribution in [0.15, 0.2) is 24.3 Å². The van der Waals surface area contributed by atoms with Gasteiger partial charge in [0, 0.05) is 12.1 Å². The third kappa shape index (κ3) is 5.98. The number of esters is 1. The SMILES string of the molecule is NCC(=O)N[C@H](CO)C(=O)NCC(=O)Oc1ccc([N+](=O)[O-])cc1. The molecule has 11 heteroatoms. The number of aliphatic hydroxyl groups excluding tert-OH is 1. The number of nitrogens with one attached hydrogen (secondary N) is 2. The van der Waals surface area contributed by atoms with Gasteiger partial charge in [0.2, 0.25) is 11.8 Å². The Kier molecular flexibility index (Phi) is 7.26. The molecule has 1 aromatic carbocycles. The summed E-state index contributed by atoms with van der Waals surface area (Å²) in [5, 5.41) is 23.9. The van der Waals surface area contributed by atoms with Crippen LogP contribution in [0.2, 0.25) is 0 Å². The molecule has 1 atom stereocenters. The van der Waals surface area contributed by atoms with Gasteiger partial charge in [0.1, 0.15) is 18.3 Å². The van der Waals surface area contributed by atoms with E-state index in [1.165, 1.54) is 12.1 Å². The van der Waals surface area contributed by atoms with Crippen molar-refractivity contribution in [2.45, 2.75) is 6.04 Å². The number of carbonyl (C=O) groups is 3. The molecule has 0 unspecified atom stereocenters. The molecule has 0 aliphatic rings. The van der Waals surface area contributed by atoms with Crippen molar-refractivity contribution in [2.75, 3.05) is 19.7 Å². The van der Waals surface area contributed by atoms with E-state index in [-0.39, 0.29) is 18.0 Å². The molecule has 24 heavy (non-hydrogen) atoms. The molecule has 0 aliphatic carbocycles. The van der Waals surface area contributed by atoms with Crippen LogP contribution in [0.25, 0.3) is 0 Å². The van der Waals surface area contributed by atoms with Crippen LogP contribution in [0.5, 0.6) is 5.75 Å². The summed E-state index contributed by atoms with van der Waals surface area (Å²) in [5.74, 6) is -2.20. The Hall–Kier alpha value is -3.05. The zero-order valence-corrected chi connectivity index (χ0v) is 12.4. The first-order valence-electron chi connectivity index (χ1n) is 6.70. The number of non-ortho nitro benzene ring substituents is 1. The maximum absolute atomic E-state index is 11.7. The smallest absolute Gasteiger partial charge is 0.330 e. The second-order valence-electron chi connectivity index (χ2n) is 4.45. The Balaban J connectivity index is 2.48. The summed E-state index contributed by atoms with van der Waals surface area (Å²) in [6.45, 7) is -1.55. The van der Waals surface area contributed by atoms with Crippen molar-refractivity contribution in [1.82, 2.24) is 10.6 Å². The Labute approximate surface area is 135 Å². The molecule has 0 heterocycles. The Morgan fingerprint density at radius 3 is 2.42 bits per heavy atom. The van der Waals surface area contributed by atoms with Crippen LogP contribution in [-0.2, 0) is 14.4 Å². The molecule has 0 saturated heterocycles. The van der Waals surface area contributed by atoms with E-state index in [0.29, 0.717) is 0 Å². The summed E-state index contributed by atoms with van der Waals surface area (Å²) in [6, 6.07) is 3.54. The van der Waals surface area contributed by atoms with Gasteiger partial charge in [-0.1, -0.05) is 0 Å². The number of nitro benzene ring substituents is 1. The minimum atomic E-state index is -1.24. The first-order valence-corrected chi connectivity index (χ1v) is 6.70. The van der Waals surface area contributed by atoms with Crippen molar-refractivity contribution < 1.29 is 29.2 Å². The quantitative estimate of drug-likeness (QED) is 0.183. The van der Waals surface area contributed by atoms with Gasteiger partial charge >= 0.3 is 5.97 Å². The van der Waals surface area contributed by atoms with E-state index in [2.05, 4.69) is 10.6 Å². The molecule has 11 nitrogen and oxygen atoms in total. The van der Waals surface area contributed by atoms with Gasteiger partial charge in [-0.05, 0) is 12.1 Å². The molecule has 0 spiro atoms. The highest BCUT2D eigenvalue weighted by Gasteiger charge is 2.20. The van der Waals surface area contributed by atoms with Crippen molar-refractivity contribution in [3.63, 3.8) is 0 Å². The van der Waals surface area contributed by atoms with Gasteiger partial charge in [-0.15, -0.1) is 0 Å². The van der Waals surface area contributed by atoms with Gasteiger partial charge in [-0.3, -0.25) is 19.7 Å². The monoisotopic (exact) mass is 340 g/mol. The summed E-state index contributed by atoms with van der Waals surface area (Å²) in [5.41, 5.74) is 4.91. The highest BCUT2D eigenvalue weighted by atomic mass is 16.6. The minimum absolute atomic E-state index is 0.0648. The summed E-state index contributed by atoms with van der Waals surface area (Å²) in [7, 11) is 0. The molecular weight excluding hydrogens is 324 g/mol. The number of nitrogens with zero attached hydrogens (tertiary/aromatic N) is 1. The van der Waals surface area contributed by atoms with E-state index in [9.17, 15) is 24.5 Å². The third-order valence-electron chi connectivity index (χ3n) is 2.71. The van der Waals surface area contributed by atoms with Gasteiger partial charge in [0.25, 0.3) is 5.69 Å². The van der Waals surface area contributed by atoms with Crippen LogP contribution >= 0.6 is 0 Å². The number of hydrogen-bond donors (Lipinski definition) is 4. The average molecular weight is 340 g/mol. The Morgan fingerprint density at radius 2 is 1.92 bits per heavy atom. The fourth-order valence-electron chi connectivity index (χ4n) is 1.53. The van der Waals surface area contributed by atoms with Crippen LogP contribution in [0.1, 0.15) is 0 Å². The number of rotatable bonds is 8. The number of amides is 2. The molecule has 0 saturated carbocycles. The zero-order chi connectivity index (χ0) is 18.1. The molecule has 0 bridgehead atoms. The summed E-state index contributed by atoms with van der Waals surface area (Å²) >= 11 is 0. The van der Waals surface area contributed by atoms with E-state index in [1.54, 1.807) is 0 Å². The largest absolute Gasteiger partial charge is 0.425 e. The predicted octanol–water partition coefficient (Wildman–Crippen LogP) is -1.95. The topological polar surface area (TPSA) is 174 Å². The van der Waals surface area contributed by atoms with E-state index in [1.807, 2.05) is 0 Å². The van der Waals surface area contributed by atoms with Gasteiger partial charge < -0.3 is 26.2 Å². The fourth-order valence-corrected chi connectivity index (χ4v) is 1.53. The second-order valence-corrected chi connectivity index (χ2v) is 4.45. The number of ether oxygens (including phenoxy) is 1. The average Bonchev–Trinajstić information content (AvgIpc) is 2.57. The lowest BCUT2D eigenvalue weighted by molar-refractivity contribution is -0.384. The molecule has 1 rings (SSSR count). The predicted molar refractivity (Wildman–Crippen MR) is 79.8 cm³/mol. The molecule has 0 aromatic heterocycles. The van der Waals surface area contributed by atoms with Gasteiger partial charge in [-0.25, -0.2) is 4.79 Å². The molecular formula is C13H16N4O7. The van der Waals surface area contributed by atoms with Crippen LogP contribution in [0, 0.1) is 10.1 Å². The summed E-state index contributed by atoms with van der Waals surface area (Å²) in [6.07, 6.45) is 0. The normalized spacial score (nSPS) is 11.2. The van der Waals surface area contributed by atoms with E-state index in [4.69, 9.17) is 15.6 Å². The van der Waals surface area contributed by atoms with Crippen LogP contribution < -0.4 is 21.1 Å². The highest BCUT2D eigenvalue weighted by molar-refractivity contribution is 5.90. The maximum Gasteiger partial charge on any atom is 0.330 e. The number of aliphatic hydroxyl groups is 1. The first kappa shape index (κ1) is 19.0. The van der Waals surface area contributed by atoms with Crippen LogP contribution in [0.3, 0.4) is 0 Å². The van der Waals surface area contributed by atoms with E-state index in [0.717, 1.165) is 12.1 Å². The van der Waals surface area contributed by atoms with Gasteiger partial charge in [0.05, 0.1) is 18.1 Å². The number of benzene rings is 1. The Bertz CT molecular complexity index is 617. The lowest BCUT2D eigenvalue weighted by Gasteiger charge is -2.15. The van der Waals surface area contributed by atoms with Crippen LogP contribution in [0.4, 0.5) is 5.69 Å². The molecule has 130 valence electrons. The van der Waals surface area contributed by atoms with Crippen molar-refractivity contribution >= 4 is 23.5 Å². The maximum atomic E-state index is 11.7. The van der Waals surface area contributed by atoms with E-state index < -0.39 is 41.9 Å². The van der Waals surface area contributed by atoms with Gasteiger partial charge in [-0.2, -0.15) is 0 Å². The summed E-state index contributed by atoms with van der Waals surface area (Å²) in [4.78, 5) is 44.2. The molecule has 5 N–H and O–H groups in total. The second kappa shape index (κ2) is 9.17. The number of nitrogens with two attached hydrogens (primary N) is 1. The molecule has 0 fully saturated rings. The molecule has 0 radical (unpaired) electrons. The first-order chi connectivity index (χ1) is 11.4. The zero-order valence-electron chi connectivity index (χ0n) is 12.4. The lowest BCUT2D eigenvalue weighted by atomic mass is 10.3. The Morgan fingerprint density at radius 1 is 1.29 bits per heavy atom. The number of carbonyl (C=O) groups excluding carboxylic acids is 3. The number of hydrogen-bond acceptors (Lipinski definition) is 8. The summed E-state index contributed by atoms with van der Waals surface area (Å²) < 4.78 is 4.87. The van der Waals surface area contributed by atoms with Crippen molar-refractivity contribution in [3.8, 4) is 5.75 Å². The van der Waals surface area contributed by atoms with Crippen molar-refractivity contribution in [2.24, 2.45) is 5.73 Å². The van der Waals surface area contributed by atoms with Crippen molar-refractivity contribution in [1.29, 1.82) is 0 Å². The molecule has 0 aliphatic heterocycles. The standard InChI is InChI=1S/C13H16N4O7/c14-5-11(19)16-10(7-18)13(21)15-6-12(20)24-9-3-1-8(2-4-9)17(22)23/h1-4,10,18H,5-7,14H2,(H,15,21)(H,16,19)/t10-/m1/s1. The number of nitro groups is 1.